The maximum atomic E-state index is 12.1. The van der Waals surface area contributed by atoms with Crippen molar-refractivity contribution in [3.63, 3.8) is 0 Å². The molecule has 0 bridgehead atoms. The van der Waals surface area contributed by atoms with Gasteiger partial charge in [-0.25, -0.2) is 14.3 Å². The van der Waals surface area contributed by atoms with Crippen molar-refractivity contribution >= 4 is 17.9 Å². The zero-order valence-corrected chi connectivity index (χ0v) is 14.3. The van der Waals surface area contributed by atoms with Gasteiger partial charge in [-0.2, -0.15) is 5.10 Å². The van der Waals surface area contributed by atoms with Crippen LogP contribution in [0.5, 0.6) is 0 Å². The van der Waals surface area contributed by atoms with Crippen molar-refractivity contribution in [1.29, 1.82) is 0 Å². The molecule has 0 radical (unpaired) electrons. The number of rotatable bonds is 6. The summed E-state index contributed by atoms with van der Waals surface area (Å²) in [7, 11) is 0. The van der Waals surface area contributed by atoms with Crippen LogP contribution in [0.15, 0.2) is 24.4 Å². The molecule has 3 rings (SSSR count). The van der Waals surface area contributed by atoms with Gasteiger partial charge in [0.1, 0.15) is 5.82 Å². The molecule has 0 aromatic carbocycles. The average molecular weight is 347 g/mol. The van der Waals surface area contributed by atoms with Crippen LogP contribution in [0.4, 0.5) is 15.4 Å². The SMILES string of the molecule is O=C(NCCN1CCCOC1=O)Nc1ccnn1C[C@@H]1CC=CCC1. The van der Waals surface area contributed by atoms with Gasteiger partial charge in [-0.3, -0.25) is 5.32 Å². The number of urea groups is 1. The van der Waals surface area contributed by atoms with Gasteiger partial charge in [0.15, 0.2) is 0 Å². The molecule has 3 amide bonds. The minimum absolute atomic E-state index is 0.296. The summed E-state index contributed by atoms with van der Waals surface area (Å²) in [5, 5.41) is 9.90. The maximum absolute atomic E-state index is 12.1. The molecule has 1 saturated heterocycles. The normalized spacial score (nSPS) is 20.2. The second-order valence-corrected chi connectivity index (χ2v) is 6.38. The van der Waals surface area contributed by atoms with Gasteiger partial charge in [0.25, 0.3) is 0 Å². The number of carbonyl (C=O) groups excluding carboxylic acids is 2. The van der Waals surface area contributed by atoms with Crippen molar-refractivity contribution in [1.82, 2.24) is 20.0 Å². The highest BCUT2D eigenvalue weighted by atomic mass is 16.6. The summed E-state index contributed by atoms with van der Waals surface area (Å²) >= 11 is 0. The van der Waals surface area contributed by atoms with E-state index in [1.165, 1.54) is 0 Å². The maximum Gasteiger partial charge on any atom is 0.409 e. The van der Waals surface area contributed by atoms with Crippen LogP contribution in [-0.2, 0) is 11.3 Å². The summed E-state index contributed by atoms with van der Waals surface area (Å²) < 4.78 is 6.80. The van der Waals surface area contributed by atoms with Gasteiger partial charge in [0.2, 0.25) is 0 Å². The molecule has 8 heteroatoms. The molecule has 8 nitrogen and oxygen atoms in total. The van der Waals surface area contributed by atoms with Crippen LogP contribution in [0.2, 0.25) is 0 Å². The van der Waals surface area contributed by atoms with Crippen molar-refractivity contribution in [2.75, 3.05) is 31.6 Å². The Kier molecular flexibility index (Phi) is 5.92. The third kappa shape index (κ3) is 4.98. The number of nitrogens with zero attached hydrogens (tertiary/aromatic N) is 3. The molecule has 2 N–H and O–H groups in total. The second kappa shape index (κ2) is 8.55. The molecule has 1 aliphatic heterocycles. The van der Waals surface area contributed by atoms with Crippen LogP contribution in [0.25, 0.3) is 0 Å². The van der Waals surface area contributed by atoms with Crippen LogP contribution in [0.1, 0.15) is 25.7 Å². The third-order valence-electron chi connectivity index (χ3n) is 4.49. The number of allylic oxidation sites excluding steroid dienone is 2. The van der Waals surface area contributed by atoms with E-state index in [1.807, 2.05) is 4.68 Å². The minimum atomic E-state index is -0.312. The fourth-order valence-corrected chi connectivity index (χ4v) is 3.12. The number of hydrogen-bond donors (Lipinski definition) is 2. The molecule has 1 atom stereocenters. The summed E-state index contributed by atoms with van der Waals surface area (Å²) in [6, 6.07) is 1.50. The molecule has 1 aromatic heterocycles. The first-order valence-electron chi connectivity index (χ1n) is 8.86. The Morgan fingerprint density at radius 3 is 3.12 bits per heavy atom. The zero-order chi connectivity index (χ0) is 17.5. The number of ether oxygens (including phenoxy) is 1. The third-order valence-corrected chi connectivity index (χ3v) is 4.49. The molecule has 0 saturated carbocycles. The highest BCUT2D eigenvalue weighted by Gasteiger charge is 2.19. The number of nitrogens with one attached hydrogen (secondary N) is 2. The van der Waals surface area contributed by atoms with Gasteiger partial charge in [-0.15, -0.1) is 0 Å². The van der Waals surface area contributed by atoms with Crippen molar-refractivity contribution in [2.24, 2.45) is 5.92 Å². The van der Waals surface area contributed by atoms with Crippen LogP contribution < -0.4 is 10.6 Å². The van der Waals surface area contributed by atoms with E-state index < -0.39 is 0 Å². The lowest BCUT2D eigenvalue weighted by Gasteiger charge is -2.26. The van der Waals surface area contributed by atoms with Crippen molar-refractivity contribution < 1.29 is 14.3 Å². The lowest BCUT2D eigenvalue weighted by atomic mass is 9.94. The summed E-state index contributed by atoms with van der Waals surface area (Å²) in [5.41, 5.74) is 0. The van der Waals surface area contributed by atoms with Crippen molar-refractivity contribution in [3.8, 4) is 0 Å². The highest BCUT2D eigenvalue weighted by molar-refractivity contribution is 5.88. The number of amides is 3. The van der Waals surface area contributed by atoms with E-state index in [2.05, 4.69) is 27.9 Å². The number of anilines is 1. The Morgan fingerprint density at radius 2 is 2.32 bits per heavy atom. The van der Waals surface area contributed by atoms with Gasteiger partial charge in [-0.05, 0) is 31.6 Å². The smallest absolute Gasteiger partial charge is 0.409 e. The summed E-state index contributed by atoms with van der Waals surface area (Å²) in [6.45, 7) is 2.77. The van der Waals surface area contributed by atoms with Gasteiger partial charge < -0.3 is 15.0 Å². The van der Waals surface area contributed by atoms with Crippen LogP contribution in [0, 0.1) is 5.92 Å². The Balaban J connectivity index is 1.42. The van der Waals surface area contributed by atoms with Crippen LogP contribution in [-0.4, -0.2) is 53.0 Å². The molecular formula is C17H25N5O3. The molecule has 25 heavy (non-hydrogen) atoms. The monoisotopic (exact) mass is 347 g/mol. The summed E-state index contributed by atoms with van der Waals surface area (Å²) in [5.74, 6) is 1.24. The second-order valence-electron chi connectivity index (χ2n) is 6.38. The molecular weight excluding hydrogens is 322 g/mol. The Bertz CT molecular complexity index is 628. The Morgan fingerprint density at radius 1 is 1.40 bits per heavy atom. The highest BCUT2D eigenvalue weighted by Crippen LogP contribution is 2.21. The van der Waals surface area contributed by atoms with E-state index in [9.17, 15) is 9.59 Å². The van der Waals surface area contributed by atoms with Crippen LogP contribution in [0.3, 0.4) is 0 Å². The van der Waals surface area contributed by atoms with Crippen molar-refractivity contribution in [3.05, 3.63) is 24.4 Å². The van der Waals surface area contributed by atoms with Crippen LogP contribution >= 0.6 is 0 Å². The minimum Gasteiger partial charge on any atom is -0.449 e. The van der Waals surface area contributed by atoms with Gasteiger partial charge in [0, 0.05) is 32.2 Å². The molecule has 0 unspecified atom stereocenters. The fourth-order valence-electron chi connectivity index (χ4n) is 3.12. The van der Waals surface area contributed by atoms with E-state index in [1.54, 1.807) is 17.2 Å². The van der Waals surface area contributed by atoms with Crippen molar-refractivity contribution in [2.45, 2.75) is 32.2 Å². The standard InChI is InChI=1S/C17H25N5O3/c23-16(18-9-11-21-10-4-12-25-17(21)24)20-15-7-8-19-22(15)13-14-5-2-1-3-6-14/h1-2,7-8,14H,3-6,9-13H2,(H2,18,20,23)/t14-/m1/s1. The fraction of sp³-hybridized carbons (Fsp3) is 0.588. The topological polar surface area (TPSA) is 88.5 Å². The Hall–Kier alpha value is -2.51. The molecule has 1 aliphatic carbocycles. The van der Waals surface area contributed by atoms with Gasteiger partial charge in [0.05, 0.1) is 12.8 Å². The number of aromatic nitrogens is 2. The predicted molar refractivity (Wildman–Crippen MR) is 93.3 cm³/mol. The molecule has 2 aliphatic rings. The first-order valence-corrected chi connectivity index (χ1v) is 8.86. The van der Waals surface area contributed by atoms with Gasteiger partial charge in [-0.1, -0.05) is 12.2 Å². The van der Waals surface area contributed by atoms with E-state index >= 15 is 0 Å². The largest absolute Gasteiger partial charge is 0.449 e. The molecule has 0 spiro atoms. The molecule has 1 aromatic rings. The first kappa shape index (κ1) is 17.3. The van der Waals surface area contributed by atoms with E-state index in [-0.39, 0.29) is 12.1 Å². The summed E-state index contributed by atoms with van der Waals surface area (Å²) in [4.78, 5) is 25.2. The predicted octanol–water partition coefficient (Wildman–Crippen LogP) is 2.20. The Labute approximate surface area is 147 Å². The van der Waals surface area contributed by atoms with E-state index in [0.717, 1.165) is 32.2 Å². The number of carbonyl (C=O) groups is 2. The van der Waals surface area contributed by atoms with E-state index in [0.29, 0.717) is 38.0 Å². The number of cyclic esters (lactones) is 1. The van der Waals surface area contributed by atoms with Gasteiger partial charge >= 0.3 is 12.1 Å². The average Bonchev–Trinajstić information content (AvgIpc) is 3.04. The van der Waals surface area contributed by atoms with E-state index in [4.69, 9.17) is 4.74 Å². The number of hydrogen-bond acceptors (Lipinski definition) is 4. The molecule has 136 valence electrons. The lowest BCUT2D eigenvalue weighted by molar-refractivity contribution is 0.0736. The molecule has 2 heterocycles. The lowest BCUT2D eigenvalue weighted by Crippen LogP contribution is -2.43. The quantitative estimate of drug-likeness (QED) is 0.772. The first-order chi connectivity index (χ1) is 12.2. The summed E-state index contributed by atoms with van der Waals surface area (Å²) in [6.07, 6.45) is 9.94. The molecule has 1 fully saturated rings. The zero-order valence-electron chi connectivity index (χ0n) is 14.3.